The molecule has 0 saturated carbocycles. The lowest BCUT2D eigenvalue weighted by atomic mass is 10.2. The minimum Gasteiger partial charge on any atom is -0.387 e. The highest BCUT2D eigenvalue weighted by atomic mass is 32.1. The summed E-state index contributed by atoms with van der Waals surface area (Å²) < 4.78 is 0. The Kier molecular flexibility index (Phi) is 3.92. The van der Waals surface area contributed by atoms with Crippen molar-refractivity contribution in [1.82, 2.24) is 5.32 Å². The smallest absolute Gasteiger partial charge is 0.245 e. The molecule has 0 aliphatic rings. The largest absolute Gasteiger partial charge is 0.387 e. The molecule has 0 aromatic carbocycles. The highest BCUT2D eigenvalue weighted by molar-refractivity contribution is 7.10. The number of carbonyl (C=O) groups excluding carboxylic acids is 1. The Morgan fingerprint density at radius 3 is 3.00 bits per heavy atom. The van der Waals surface area contributed by atoms with Crippen LogP contribution in [0, 0.1) is 6.92 Å². The first-order valence-corrected chi connectivity index (χ1v) is 5.02. The molecule has 13 heavy (non-hydrogen) atoms. The topological polar surface area (TPSA) is 49.3 Å². The first-order chi connectivity index (χ1) is 6.24. The van der Waals surface area contributed by atoms with Crippen LogP contribution in [0.25, 0.3) is 0 Å². The van der Waals surface area contributed by atoms with Gasteiger partial charge in [-0.1, -0.05) is 0 Å². The van der Waals surface area contributed by atoms with Crippen LogP contribution in [0.15, 0.2) is 11.4 Å². The van der Waals surface area contributed by atoms with Crippen molar-refractivity contribution in [3.05, 3.63) is 21.9 Å². The minimum atomic E-state index is -0.427. The highest BCUT2D eigenvalue weighted by Crippen LogP contribution is 2.15. The number of aliphatic hydroxyl groups excluding tert-OH is 1. The molecule has 1 heterocycles. The number of thiophene rings is 1. The molecule has 0 unspecified atom stereocenters. The number of aliphatic hydroxyl groups is 1. The monoisotopic (exact) mass is 199 g/mol. The molecule has 0 aliphatic carbocycles. The van der Waals surface area contributed by atoms with E-state index in [0.29, 0.717) is 6.54 Å². The number of amides is 1. The highest BCUT2D eigenvalue weighted by Gasteiger charge is 2.00. The third-order valence-electron chi connectivity index (χ3n) is 1.79. The zero-order valence-corrected chi connectivity index (χ0v) is 8.36. The third kappa shape index (κ3) is 3.16. The quantitative estimate of drug-likeness (QED) is 0.750. The lowest BCUT2D eigenvalue weighted by molar-refractivity contribution is -0.123. The summed E-state index contributed by atoms with van der Waals surface area (Å²) in [5.74, 6) is -0.311. The van der Waals surface area contributed by atoms with Crippen LogP contribution in [0.5, 0.6) is 0 Å². The lowest BCUT2D eigenvalue weighted by Crippen LogP contribution is -2.28. The second kappa shape index (κ2) is 4.99. The van der Waals surface area contributed by atoms with Gasteiger partial charge in [-0.05, 0) is 30.4 Å². The molecule has 0 radical (unpaired) electrons. The molecule has 0 aliphatic heterocycles. The summed E-state index contributed by atoms with van der Waals surface area (Å²) >= 11 is 1.70. The van der Waals surface area contributed by atoms with Crippen LogP contribution in [0.3, 0.4) is 0 Å². The van der Waals surface area contributed by atoms with Crippen LogP contribution in [0.1, 0.15) is 10.4 Å². The van der Waals surface area contributed by atoms with Gasteiger partial charge < -0.3 is 10.4 Å². The van der Waals surface area contributed by atoms with Crippen molar-refractivity contribution in [3.8, 4) is 0 Å². The maximum Gasteiger partial charge on any atom is 0.245 e. The fraction of sp³-hybridized carbons (Fsp3) is 0.444. The van der Waals surface area contributed by atoms with Crippen molar-refractivity contribution < 1.29 is 9.90 Å². The SMILES string of the molecule is Cc1ccsc1CCNC(=O)CO. The molecule has 1 rings (SSSR count). The van der Waals surface area contributed by atoms with Crippen molar-refractivity contribution in [1.29, 1.82) is 0 Å². The van der Waals surface area contributed by atoms with Crippen LogP contribution in [0.2, 0.25) is 0 Å². The second-order valence-corrected chi connectivity index (χ2v) is 3.79. The van der Waals surface area contributed by atoms with Gasteiger partial charge in [0.15, 0.2) is 0 Å². The molecule has 3 nitrogen and oxygen atoms in total. The van der Waals surface area contributed by atoms with Gasteiger partial charge in [0.25, 0.3) is 0 Å². The van der Waals surface area contributed by atoms with E-state index in [1.807, 2.05) is 5.38 Å². The van der Waals surface area contributed by atoms with E-state index >= 15 is 0 Å². The molecule has 1 aromatic heterocycles. The second-order valence-electron chi connectivity index (χ2n) is 2.78. The minimum absolute atomic E-state index is 0.311. The van der Waals surface area contributed by atoms with Crippen molar-refractivity contribution in [2.75, 3.05) is 13.2 Å². The van der Waals surface area contributed by atoms with Gasteiger partial charge in [0.1, 0.15) is 6.61 Å². The van der Waals surface area contributed by atoms with Crippen LogP contribution in [0.4, 0.5) is 0 Å². The Labute approximate surface area is 81.4 Å². The van der Waals surface area contributed by atoms with Gasteiger partial charge in [-0.3, -0.25) is 4.79 Å². The Morgan fingerprint density at radius 2 is 2.46 bits per heavy atom. The Balaban J connectivity index is 2.28. The van der Waals surface area contributed by atoms with E-state index < -0.39 is 6.61 Å². The molecule has 0 bridgehead atoms. The van der Waals surface area contributed by atoms with Crippen molar-refractivity contribution in [2.45, 2.75) is 13.3 Å². The predicted octanol–water partition coefficient (Wildman–Crippen LogP) is 0.708. The van der Waals surface area contributed by atoms with Crippen LogP contribution < -0.4 is 5.32 Å². The molecular formula is C9H13NO2S. The fourth-order valence-electron chi connectivity index (χ4n) is 1.03. The van der Waals surface area contributed by atoms with E-state index in [9.17, 15) is 4.79 Å². The lowest BCUT2D eigenvalue weighted by Gasteiger charge is -2.01. The molecule has 0 saturated heterocycles. The summed E-state index contributed by atoms with van der Waals surface area (Å²) in [4.78, 5) is 12.0. The number of aryl methyl sites for hydroxylation is 1. The van der Waals surface area contributed by atoms with E-state index in [1.54, 1.807) is 11.3 Å². The van der Waals surface area contributed by atoms with Gasteiger partial charge in [-0.25, -0.2) is 0 Å². The number of hydrogen-bond acceptors (Lipinski definition) is 3. The van der Waals surface area contributed by atoms with E-state index in [0.717, 1.165) is 6.42 Å². The van der Waals surface area contributed by atoms with E-state index in [2.05, 4.69) is 18.3 Å². The maximum atomic E-state index is 10.7. The summed E-state index contributed by atoms with van der Waals surface area (Å²) in [7, 11) is 0. The Hall–Kier alpha value is -0.870. The molecule has 0 fully saturated rings. The molecular weight excluding hydrogens is 186 g/mol. The van der Waals surface area contributed by atoms with Gasteiger partial charge in [-0.15, -0.1) is 11.3 Å². The molecule has 0 spiro atoms. The summed E-state index contributed by atoms with van der Waals surface area (Å²) in [6.07, 6.45) is 0.842. The molecule has 72 valence electrons. The van der Waals surface area contributed by atoms with Crippen LogP contribution in [-0.4, -0.2) is 24.2 Å². The fourth-order valence-corrected chi connectivity index (χ4v) is 1.94. The van der Waals surface area contributed by atoms with E-state index in [4.69, 9.17) is 5.11 Å². The van der Waals surface area contributed by atoms with E-state index in [1.165, 1.54) is 10.4 Å². The molecule has 4 heteroatoms. The molecule has 1 aromatic rings. The van der Waals surface area contributed by atoms with Crippen molar-refractivity contribution in [3.63, 3.8) is 0 Å². The number of rotatable bonds is 4. The summed E-state index contributed by atoms with van der Waals surface area (Å²) in [5, 5.41) is 13.1. The van der Waals surface area contributed by atoms with Gasteiger partial charge in [-0.2, -0.15) is 0 Å². The van der Waals surface area contributed by atoms with Gasteiger partial charge in [0.2, 0.25) is 5.91 Å². The van der Waals surface area contributed by atoms with E-state index in [-0.39, 0.29) is 5.91 Å². The number of carbonyl (C=O) groups is 1. The zero-order chi connectivity index (χ0) is 9.68. The average Bonchev–Trinajstić information content (AvgIpc) is 2.52. The van der Waals surface area contributed by atoms with Gasteiger partial charge in [0.05, 0.1) is 0 Å². The summed E-state index contributed by atoms with van der Waals surface area (Å²) in [5.41, 5.74) is 1.27. The summed E-state index contributed by atoms with van der Waals surface area (Å²) in [6, 6.07) is 2.06. The summed E-state index contributed by atoms with van der Waals surface area (Å²) in [6.45, 7) is 2.23. The Bertz CT molecular complexity index is 283. The van der Waals surface area contributed by atoms with Gasteiger partial charge >= 0.3 is 0 Å². The van der Waals surface area contributed by atoms with Crippen molar-refractivity contribution in [2.24, 2.45) is 0 Å². The van der Waals surface area contributed by atoms with Crippen molar-refractivity contribution >= 4 is 17.2 Å². The average molecular weight is 199 g/mol. The van der Waals surface area contributed by atoms with Crippen LogP contribution >= 0.6 is 11.3 Å². The Morgan fingerprint density at radius 1 is 1.69 bits per heavy atom. The molecule has 2 N–H and O–H groups in total. The van der Waals surface area contributed by atoms with Crippen LogP contribution in [-0.2, 0) is 11.2 Å². The molecule has 1 amide bonds. The normalized spacial score (nSPS) is 10.0. The van der Waals surface area contributed by atoms with Gasteiger partial charge in [0, 0.05) is 11.4 Å². The number of nitrogens with one attached hydrogen (secondary N) is 1. The zero-order valence-electron chi connectivity index (χ0n) is 7.54. The first-order valence-electron chi connectivity index (χ1n) is 4.14. The molecule has 0 atom stereocenters. The first kappa shape index (κ1) is 10.2. The third-order valence-corrected chi connectivity index (χ3v) is 2.87. The standard InChI is InChI=1S/C9H13NO2S/c1-7-3-5-13-8(7)2-4-10-9(12)6-11/h3,5,11H,2,4,6H2,1H3,(H,10,12). The number of hydrogen-bond donors (Lipinski definition) is 2. The maximum absolute atomic E-state index is 10.7. The predicted molar refractivity (Wildman–Crippen MR) is 52.9 cm³/mol.